The van der Waals surface area contributed by atoms with Gasteiger partial charge >= 0.3 is 0 Å². The first-order chi connectivity index (χ1) is 13.9. The number of rotatable bonds is 3. The van der Waals surface area contributed by atoms with Crippen molar-refractivity contribution in [2.24, 2.45) is 0 Å². The third kappa shape index (κ3) is 2.20. The lowest BCUT2D eigenvalue weighted by Crippen LogP contribution is -1.97. The highest BCUT2D eigenvalue weighted by Gasteiger charge is 2.15. The van der Waals surface area contributed by atoms with Gasteiger partial charge in [-0.2, -0.15) is 0 Å². The fourth-order valence-corrected chi connectivity index (χ4v) is 4.48. The molecule has 0 N–H and O–H groups in total. The summed E-state index contributed by atoms with van der Waals surface area (Å²) in [4.78, 5) is 0. The minimum atomic E-state index is 0.569. The van der Waals surface area contributed by atoms with E-state index in [1.54, 1.807) is 0 Å². The molecule has 6 aromatic carbocycles. The molecule has 0 unspecified atom stereocenters. The highest BCUT2D eigenvalue weighted by Crippen LogP contribution is 2.43. The van der Waals surface area contributed by atoms with Crippen LogP contribution in [0.15, 0.2) is 97.1 Å². The summed E-state index contributed by atoms with van der Waals surface area (Å²) in [7, 11) is 0. The van der Waals surface area contributed by atoms with Gasteiger partial charge in [-0.25, -0.2) is 0 Å². The van der Waals surface area contributed by atoms with Gasteiger partial charge in [0.2, 0.25) is 0 Å². The van der Waals surface area contributed by atoms with Crippen LogP contribution in [0.3, 0.4) is 0 Å². The molecule has 1 heteroatoms. The van der Waals surface area contributed by atoms with Gasteiger partial charge in [-0.05, 0) is 43.9 Å². The Kier molecular flexibility index (Phi) is 3.30. The molecule has 0 aliphatic heterocycles. The second kappa shape index (κ2) is 5.97. The van der Waals surface area contributed by atoms with E-state index in [2.05, 4.69) is 91.0 Å². The zero-order valence-corrected chi connectivity index (χ0v) is 15.4. The summed E-state index contributed by atoms with van der Waals surface area (Å²) in [6.45, 7) is 0.569. The molecule has 0 fully saturated rings. The molecule has 28 heavy (non-hydrogen) atoms. The average molecular weight is 358 g/mol. The predicted molar refractivity (Wildman–Crippen MR) is 118 cm³/mol. The van der Waals surface area contributed by atoms with E-state index in [1.807, 2.05) is 6.07 Å². The van der Waals surface area contributed by atoms with Crippen molar-refractivity contribution in [2.75, 3.05) is 0 Å². The fourth-order valence-electron chi connectivity index (χ4n) is 4.48. The van der Waals surface area contributed by atoms with Gasteiger partial charge in [0.1, 0.15) is 12.4 Å². The van der Waals surface area contributed by atoms with Gasteiger partial charge < -0.3 is 4.74 Å². The molecule has 6 aromatic rings. The Bertz CT molecular complexity index is 1440. The second-order valence-electron chi connectivity index (χ2n) is 7.33. The minimum absolute atomic E-state index is 0.569. The van der Waals surface area contributed by atoms with Crippen molar-refractivity contribution in [1.82, 2.24) is 0 Å². The van der Waals surface area contributed by atoms with E-state index < -0.39 is 0 Å². The van der Waals surface area contributed by atoms with Crippen molar-refractivity contribution < 1.29 is 4.74 Å². The van der Waals surface area contributed by atoms with E-state index in [-0.39, 0.29) is 0 Å². The van der Waals surface area contributed by atoms with Gasteiger partial charge in [-0.1, -0.05) is 91.0 Å². The van der Waals surface area contributed by atoms with Crippen LogP contribution in [0, 0.1) is 0 Å². The van der Waals surface area contributed by atoms with Gasteiger partial charge in [0.15, 0.2) is 0 Å². The summed E-state index contributed by atoms with van der Waals surface area (Å²) in [6.07, 6.45) is 0. The number of hydrogen-bond donors (Lipinski definition) is 0. The largest absolute Gasteiger partial charge is 0.488 e. The van der Waals surface area contributed by atoms with Crippen LogP contribution in [-0.2, 0) is 6.61 Å². The molecule has 132 valence electrons. The quantitative estimate of drug-likeness (QED) is 0.238. The summed E-state index contributed by atoms with van der Waals surface area (Å²) >= 11 is 0. The van der Waals surface area contributed by atoms with Crippen molar-refractivity contribution in [3.63, 3.8) is 0 Å². The average Bonchev–Trinajstić information content (AvgIpc) is 2.76. The predicted octanol–water partition coefficient (Wildman–Crippen LogP) is 7.32. The van der Waals surface area contributed by atoms with Crippen molar-refractivity contribution >= 4 is 43.1 Å². The Morgan fingerprint density at radius 3 is 1.86 bits per heavy atom. The van der Waals surface area contributed by atoms with Crippen LogP contribution < -0.4 is 4.74 Å². The van der Waals surface area contributed by atoms with Gasteiger partial charge in [0.25, 0.3) is 0 Å². The maximum absolute atomic E-state index is 6.36. The second-order valence-corrected chi connectivity index (χ2v) is 7.33. The van der Waals surface area contributed by atoms with Crippen LogP contribution in [0.5, 0.6) is 5.75 Å². The highest BCUT2D eigenvalue weighted by molar-refractivity contribution is 6.34. The number of ether oxygens (including phenoxy) is 1. The molecule has 0 aliphatic carbocycles. The van der Waals surface area contributed by atoms with Crippen molar-refractivity contribution in [3.05, 3.63) is 103 Å². The summed E-state index contributed by atoms with van der Waals surface area (Å²) in [6, 6.07) is 34.4. The molecule has 0 heterocycles. The van der Waals surface area contributed by atoms with Gasteiger partial charge in [-0.3, -0.25) is 0 Å². The summed E-state index contributed by atoms with van der Waals surface area (Å²) in [5.74, 6) is 0.950. The van der Waals surface area contributed by atoms with Gasteiger partial charge in [0.05, 0.1) is 0 Å². The maximum atomic E-state index is 6.36. The Hall–Kier alpha value is -3.58. The van der Waals surface area contributed by atoms with E-state index in [0.29, 0.717) is 6.61 Å². The minimum Gasteiger partial charge on any atom is -0.488 e. The van der Waals surface area contributed by atoms with E-state index in [1.165, 1.54) is 48.7 Å². The Balaban J connectivity index is 1.70. The molecular formula is C27H18O. The molecule has 0 aliphatic rings. The van der Waals surface area contributed by atoms with Gasteiger partial charge in [0, 0.05) is 10.8 Å². The molecule has 0 saturated carbocycles. The number of hydrogen-bond acceptors (Lipinski definition) is 1. The van der Waals surface area contributed by atoms with Crippen LogP contribution >= 0.6 is 0 Å². The zero-order chi connectivity index (χ0) is 18.5. The Morgan fingerprint density at radius 2 is 1.11 bits per heavy atom. The molecule has 6 rings (SSSR count). The monoisotopic (exact) mass is 358 g/mol. The normalized spacial score (nSPS) is 11.7. The smallest absolute Gasteiger partial charge is 0.128 e. The molecule has 0 amide bonds. The van der Waals surface area contributed by atoms with E-state index in [9.17, 15) is 0 Å². The first kappa shape index (κ1) is 15.5. The molecular weight excluding hydrogens is 340 g/mol. The van der Waals surface area contributed by atoms with Crippen molar-refractivity contribution in [3.8, 4) is 5.75 Å². The van der Waals surface area contributed by atoms with Crippen LogP contribution in [0.1, 0.15) is 5.56 Å². The molecule has 0 atom stereocenters. The van der Waals surface area contributed by atoms with Crippen LogP contribution in [-0.4, -0.2) is 0 Å². The molecule has 0 saturated heterocycles. The Labute approximate surface area is 163 Å². The van der Waals surface area contributed by atoms with Crippen LogP contribution in [0.2, 0.25) is 0 Å². The van der Waals surface area contributed by atoms with Crippen LogP contribution in [0.25, 0.3) is 43.1 Å². The zero-order valence-electron chi connectivity index (χ0n) is 15.4. The fraction of sp³-hybridized carbons (Fsp3) is 0.0370. The first-order valence-electron chi connectivity index (χ1n) is 9.65. The first-order valence-corrected chi connectivity index (χ1v) is 9.65. The lowest BCUT2D eigenvalue weighted by atomic mass is 9.89. The molecule has 0 aromatic heterocycles. The van der Waals surface area contributed by atoms with E-state index in [4.69, 9.17) is 4.74 Å². The number of benzene rings is 6. The summed E-state index contributed by atoms with van der Waals surface area (Å²) < 4.78 is 6.36. The molecule has 0 spiro atoms. The topological polar surface area (TPSA) is 9.23 Å². The van der Waals surface area contributed by atoms with Gasteiger partial charge in [-0.15, -0.1) is 0 Å². The van der Waals surface area contributed by atoms with E-state index in [0.717, 1.165) is 5.75 Å². The third-order valence-electron chi connectivity index (χ3n) is 5.71. The Morgan fingerprint density at radius 1 is 0.464 bits per heavy atom. The molecule has 1 nitrogen and oxygen atoms in total. The molecule has 0 bridgehead atoms. The van der Waals surface area contributed by atoms with Crippen molar-refractivity contribution in [1.29, 1.82) is 0 Å². The highest BCUT2D eigenvalue weighted by atomic mass is 16.5. The summed E-state index contributed by atoms with van der Waals surface area (Å²) in [5, 5.41) is 10.2. The lowest BCUT2D eigenvalue weighted by Gasteiger charge is -2.17. The SMILES string of the molecule is c1ccc(COc2ccc3cccc4c5cccc6cccc(c2c34)c65)cc1. The lowest BCUT2D eigenvalue weighted by molar-refractivity contribution is 0.310. The van der Waals surface area contributed by atoms with Crippen molar-refractivity contribution in [2.45, 2.75) is 6.61 Å². The third-order valence-corrected chi connectivity index (χ3v) is 5.71. The number of fused-ring (bicyclic) bond motifs is 2. The summed E-state index contributed by atoms with van der Waals surface area (Å²) in [5.41, 5.74) is 1.18. The van der Waals surface area contributed by atoms with E-state index >= 15 is 0 Å². The molecule has 0 radical (unpaired) electrons. The maximum Gasteiger partial charge on any atom is 0.128 e. The standard InChI is InChI=1S/C27H18O/c1-2-7-18(8-3-1)17-28-24-16-15-20-11-5-13-22-21-12-4-9-19-10-6-14-23(25(19)21)27(24)26(20)22/h1-16H,17H2. The van der Waals surface area contributed by atoms with Crippen LogP contribution in [0.4, 0.5) is 0 Å².